The maximum absolute atomic E-state index is 12.8. The van der Waals surface area contributed by atoms with Gasteiger partial charge in [0, 0.05) is 5.69 Å². The van der Waals surface area contributed by atoms with Crippen LogP contribution in [0.3, 0.4) is 0 Å². The van der Waals surface area contributed by atoms with Crippen molar-refractivity contribution in [2.75, 3.05) is 27.1 Å². The summed E-state index contributed by atoms with van der Waals surface area (Å²) in [6.07, 6.45) is 1.03. The third kappa shape index (κ3) is 6.36. The second-order valence-electron chi connectivity index (χ2n) is 8.11. The summed E-state index contributed by atoms with van der Waals surface area (Å²) in [6, 6.07) is 18.0. The molecule has 8 nitrogen and oxygen atoms in total. The summed E-state index contributed by atoms with van der Waals surface area (Å²) in [6.45, 7) is 5.09. The zero-order chi connectivity index (χ0) is 25.1. The van der Waals surface area contributed by atoms with Gasteiger partial charge in [0.25, 0.3) is 10.0 Å². The second-order valence-corrected chi connectivity index (χ2v) is 11.7. The Hall–Kier alpha value is -3.37. The first-order valence-electron chi connectivity index (χ1n) is 10.4. The van der Waals surface area contributed by atoms with Gasteiger partial charge in [0.15, 0.2) is 0 Å². The van der Waals surface area contributed by atoms with Gasteiger partial charge in [-0.1, -0.05) is 24.3 Å². The third-order valence-corrected chi connectivity index (χ3v) is 7.58. The molecule has 34 heavy (non-hydrogen) atoms. The molecule has 0 fully saturated rings. The molecule has 0 atom stereocenters. The molecular weight excluding hydrogens is 474 g/mol. The van der Waals surface area contributed by atoms with Crippen LogP contribution in [0.4, 0.5) is 17.1 Å². The Morgan fingerprint density at radius 2 is 1.50 bits per heavy atom. The molecule has 1 amide bonds. The lowest BCUT2D eigenvalue weighted by Crippen LogP contribution is -2.37. The van der Waals surface area contributed by atoms with Crippen molar-refractivity contribution in [1.29, 1.82) is 0 Å². The summed E-state index contributed by atoms with van der Waals surface area (Å²) in [5.41, 5.74) is 3.80. The Morgan fingerprint density at radius 3 is 2.12 bits per heavy atom. The summed E-state index contributed by atoms with van der Waals surface area (Å²) in [4.78, 5) is 12.6. The number of anilines is 3. The normalized spacial score (nSPS) is 11.6. The molecule has 0 aromatic heterocycles. The molecule has 180 valence electrons. The van der Waals surface area contributed by atoms with Crippen molar-refractivity contribution in [2.24, 2.45) is 0 Å². The Labute approximate surface area is 200 Å². The predicted molar refractivity (Wildman–Crippen MR) is 135 cm³/mol. The lowest BCUT2D eigenvalue weighted by atomic mass is 10.1. The van der Waals surface area contributed by atoms with Crippen LogP contribution in [0.2, 0.25) is 0 Å². The topological polar surface area (TPSA) is 113 Å². The number of sulfonamides is 2. The highest BCUT2D eigenvalue weighted by molar-refractivity contribution is 7.92. The fourth-order valence-corrected chi connectivity index (χ4v) is 5.25. The van der Waals surface area contributed by atoms with Crippen molar-refractivity contribution < 1.29 is 21.6 Å². The van der Waals surface area contributed by atoms with Gasteiger partial charge in [-0.25, -0.2) is 16.8 Å². The molecule has 3 aromatic carbocycles. The minimum atomic E-state index is -3.83. The summed E-state index contributed by atoms with van der Waals surface area (Å²) >= 11 is 0. The highest BCUT2D eigenvalue weighted by Gasteiger charge is 2.21. The van der Waals surface area contributed by atoms with Gasteiger partial charge in [-0.2, -0.15) is 0 Å². The van der Waals surface area contributed by atoms with Crippen LogP contribution in [0.15, 0.2) is 71.6 Å². The summed E-state index contributed by atoms with van der Waals surface area (Å²) in [5, 5.41) is 2.61. The van der Waals surface area contributed by atoms with E-state index in [9.17, 15) is 21.6 Å². The highest BCUT2D eigenvalue weighted by atomic mass is 32.2. The van der Waals surface area contributed by atoms with E-state index in [0.717, 1.165) is 27.3 Å². The molecular formula is C24H27N3O5S2. The summed E-state index contributed by atoms with van der Waals surface area (Å²) < 4.78 is 53.6. The van der Waals surface area contributed by atoms with E-state index in [-0.39, 0.29) is 4.90 Å². The van der Waals surface area contributed by atoms with Crippen LogP contribution >= 0.6 is 0 Å². The molecule has 2 N–H and O–H groups in total. The Balaban J connectivity index is 1.73. The lowest BCUT2D eigenvalue weighted by Gasteiger charge is -2.22. The zero-order valence-electron chi connectivity index (χ0n) is 19.4. The third-order valence-electron chi connectivity index (χ3n) is 5.06. The maximum atomic E-state index is 12.8. The van der Waals surface area contributed by atoms with E-state index < -0.39 is 32.5 Å². The van der Waals surface area contributed by atoms with Crippen molar-refractivity contribution in [1.82, 2.24) is 0 Å². The molecule has 0 saturated heterocycles. The van der Waals surface area contributed by atoms with Crippen molar-refractivity contribution >= 4 is 43.0 Å². The number of carbonyl (C=O) groups excluding carboxylic acids is 1. The first-order valence-corrected chi connectivity index (χ1v) is 13.7. The Morgan fingerprint density at radius 1 is 0.853 bits per heavy atom. The summed E-state index contributed by atoms with van der Waals surface area (Å²) in [5.74, 6) is -0.559. The minimum Gasteiger partial charge on any atom is -0.325 e. The van der Waals surface area contributed by atoms with E-state index in [1.165, 1.54) is 24.3 Å². The highest BCUT2D eigenvalue weighted by Crippen LogP contribution is 2.23. The maximum Gasteiger partial charge on any atom is 0.261 e. The van der Waals surface area contributed by atoms with Crippen molar-refractivity contribution in [2.45, 2.75) is 25.7 Å². The predicted octanol–water partition coefficient (Wildman–Crippen LogP) is 3.82. The lowest BCUT2D eigenvalue weighted by molar-refractivity contribution is -0.114. The van der Waals surface area contributed by atoms with Crippen LogP contribution in [-0.2, 0) is 24.8 Å². The molecule has 0 aliphatic rings. The average Bonchev–Trinajstić information content (AvgIpc) is 2.74. The largest absolute Gasteiger partial charge is 0.325 e. The van der Waals surface area contributed by atoms with E-state index >= 15 is 0 Å². The quantitative estimate of drug-likeness (QED) is 0.487. The standard InChI is InChI=1S/C24H27N3O5S2/c1-17-6-5-7-21(14-17)27(33(4,29)30)16-24(28)25-20-10-12-22(13-11-20)34(31,32)26-23-15-18(2)8-9-19(23)3/h5-15,26H,16H2,1-4H3,(H,25,28). The molecule has 0 aliphatic heterocycles. The van der Waals surface area contributed by atoms with Gasteiger partial charge in [-0.3, -0.25) is 13.8 Å². The molecule has 0 unspecified atom stereocenters. The van der Waals surface area contributed by atoms with Crippen LogP contribution in [0.25, 0.3) is 0 Å². The SMILES string of the molecule is Cc1cccc(N(CC(=O)Nc2ccc(S(=O)(=O)Nc3cc(C)ccc3C)cc2)S(C)(=O)=O)c1. The Kier molecular flexibility index (Phi) is 7.32. The number of carbonyl (C=O) groups is 1. The monoisotopic (exact) mass is 501 g/mol. The van der Waals surface area contributed by atoms with Crippen LogP contribution in [0, 0.1) is 20.8 Å². The molecule has 0 aliphatic carbocycles. The molecule has 10 heteroatoms. The van der Waals surface area contributed by atoms with E-state index in [0.29, 0.717) is 17.1 Å². The van der Waals surface area contributed by atoms with Crippen LogP contribution in [0.5, 0.6) is 0 Å². The van der Waals surface area contributed by atoms with Gasteiger partial charge >= 0.3 is 0 Å². The molecule has 0 heterocycles. The van der Waals surface area contributed by atoms with Gasteiger partial charge in [0.1, 0.15) is 6.54 Å². The summed E-state index contributed by atoms with van der Waals surface area (Å²) in [7, 11) is -7.53. The number of rotatable bonds is 8. The van der Waals surface area contributed by atoms with Gasteiger partial charge in [-0.15, -0.1) is 0 Å². The van der Waals surface area contributed by atoms with Crippen molar-refractivity contribution in [3.05, 3.63) is 83.4 Å². The molecule has 0 bridgehead atoms. The van der Waals surface area contributed by atoms with Crippen LogP contribution in [-0.4, -0.2) is 35.5 Å². The van der Waals surface area contributed by atoms with Crippen molar-refractivity contribution in [3.8, 4) is 0 Å². The van der Waals surface area contributed by atoms with Crippen LogP contribution < -0.4 is 14.3 Å². The van der Waals surface area contributed by atoms with E-state index in [1.807, 2.05) is 39.0 Å². The van der Waals surface area contributed by atoms with Gasteiger partial charge in [-0.05, 0) is 79.9 Å². The van der Waals surface area contributed by atoms with Gasteiger partial charge in [0.05, 0.1) is 22.5 Å². The Bertz CT molecular complexity index is 1420. The second kappa shape index (κ2) is 9.86. The number of nitrogens with zero attached hydrogens (tertiary/aromatic N) is 1. The number of hydrogen-bond donors (Lipinski definition) is 2. The van der Waals surface area contributed by atoms with E-state index in [2.05, 4.69) is 10.0 Å². The number of nitrogens with one attached hydrogen (secondary N) is 2. The first kappa shape index (κ1) is 25.3. The fourth-order valence-electron chi connectivity index (χ4n) is 3.28. The smallest absolute Gasteiger partial charge is 0.261 e. The molecule has 0 saturated carbocycles. The van der Waals surface area contributed by atoms with Gasteiger partial charge < -0.3 is 5.32 Å². The number of benzene rings is 3. The molecule has 0 spiro atoms. The van der Waals surface area contributed by atoms with Gasteiger partial charge in [0.2, 0.25) is 15.9 Å². The van der Waals surface area contributed by atoms with Crippen molar-refractivity contribution in [3.63, 3.8) is 0 Å². The first-order chi connectivity index (χ1) is 15.8. The minimum absolute atomic E-state index is 0.0314. The number of hydrogen-bond acceptors (Lipinski definition) is 5. The average molecular weight is 502 g/mol. The van der Waals surface area contributed by atoms with E-state index in [4.69, 9.17) is 0 Å². The number of amides is 1. The molecule has 0 radical (unpaired) electrons. The van der Waals surface area contributed by atoms with E-state index in [1.54, 1.807) is 24.3 Å². The molecule has 3 rings (SSSR count). The zero-order valence-corrected chi connectivity index (χ0v) is 21.0. The fraction of sp³-hybridized carbons (Fsp3) is 0.208. The number of aryl methyl sites for hydroxylation is 3. The molecule has 3 aromatic rings. The van der Waals surface area contributed by atoms with Crippen LogP contribution in [0.1, 0.15) is 16.7 Å².